The molecule has 0 aliphatic heterocycles. The zero-order chi connectivity index (χ0) is 13.8. The lowest BCUT2D eigenvalue weighted by Crippen LogP contribution is -1.96. The van der Waals surface area contributed by atoms with Crippen molar-refractivity contribution in [3.63, 3.8) is 0 Å². The van der Waals surface area contributed by atoms with E-state index in [9.17, 15) is 14.5 Å². The van der Waals surface area contributed by atoms with Crippen molar-refractivity contribution in [2.24, 2.45) is 0 Å². The molecular weight excluding hydrogens is 267 g/mol. The molecular formula is C13H11FN2O2S. The molecule has 19 heavy (non-hydrogen) atoms. The van der Waals surface area contributed by atoms with Crippen LogP contribution in [0.2, 0.25) is 0 Å². The fraction of sp³-hybridized carbons (Fsp3) is 0.0769. The van der Waals surface area contributed by atoms with Gasteiger partial charge in [-0.25, -0.2) is 0 Å². The van der Waals surface area contributed by atoms with Crippen molar-refractivity contribution in [3.05, 3.63) is 64.0 Å². The Morgan fingerprint density at radius 3 is 2.53 bits per heavy atom. The molecule has 2 rings (SSSR count). The van der Waals surface area contributed by atoms with Gasteiger partial charge in [0, 0.05) is 28.0 Å². The maximum atomic E-state index is 13.8. The Bertz CT molecular complexity index is 602. The lowest BCUT2D eigenvalue weighted by molar-refractivity contribution is -0.387. The number of nitrogen functional groups attached to an aromatic ring is 1. The molecule has 0 fully saturated rings. The van der Waals surface area contributed by atoms with Crippen LogP contribution in [0, 0.1) is 15.9 Å². The maximum Gasteiger partial charge on any atom is 0.305 e. The summed E-state index contributed by atoms with van der Waals surface area (Å²) >= 11 is 1.40. The van der Waals surface area contributed by atoms with E-state index < -0.39 is 16.4 Å². The summed E-state index contributed by atoms with van der Waals surface area (Å²) in [6.45, 7) is 0. The van der Waals surface area contributed by atoms with Gasteiger partial charge in [-0.2, -0.15) is 4.39 Å². The lowest BCUT2D eigenvalue weighted by Gasteiger charge is -2.04. The Morgan fingerprint density at radius 1 is 1.21 bits per heavy atom. The zero-order valence-corrected chi connectivity index (χ0v) is 10.7. The van der Waals surface area contributed by atoms with Crippen LogP contribution < -0.4 is 5.73 Å². The predicted molar refractivity (Wildman–Crippen MR) is 73.5 cm³/mol. The molecule has 2 aromatic rings. The Labute approximate surface area is 113 Å². The lowest BCUT2D eigenvalue weighted by atomic mass is 10.2. The average Bonchev–Trinajstić information content (AvgIpc) is 2.39. The number of halogens is 1. The molecule has 4 nitrogen and oxygen atoms in total. The van der Waals surface area contributed by atoms with Crippen molar-refractivity contribution >= 4 is 23.1 Å². The minimum Gasteiger partial charge on any atom is -0.399 e. The number of nitro benzene ring substituents is 1. The molecule has 0 saturated carbocycles. The van der Waals surface area contributed by atoms with E-state index in [1.165, 1.54) is 17.8 Å². The van der Waals surface area contributed by atoms with E-state index >= 15 is 0 Å². The predicted octanol–water partition coefficient (Wildman–Crippen LogP) is 3.61. The average molecular weight is 278 g/mol. The first-order chi connectivity index (χ1) is 9.08. The summed E-state index contributed by atoms with van der Waals surface area (Å²) in [6.07, 6.45) is 0. The Kier molecular flexibility index (Phi) is 4.01. The van der Waals surface area contributed by atoms with Crippen LogP contribution >= 0.6 is 11.8 Å². The second-order valence-corrected chi connectivity index (χ2v) is 4.91. The highest BCUT2D eigenvalue weighted by Gasteiger charge is 2.16. The Hall–Kier alpha value is -2.08. The van der Waals surface area contributed by atoms with Gasteiger partial charge in [-0.3, -0.25) is 10.1 Å². The number of hydrogen-bond acceptors (Lipinski definition) is 4. The van der Waals surface area contributed by atoms with Gasteiger partial charge in [0.2, 0.25) is 5.82 Å². The van der Waals surface area contributed by atoms with Gasteiger partial charge < -0.3 is 5.73 Å². The smallest absolute Gasteiger partial charge is 0.305 e. The summed E-state index contributed by atoms with van der Waals surface area (Å²) in [7, 11) is 0. The third-order valence-corrected chi connectivity index (χ3v) is 3.59. The number of thioether (sulfide) groups is 1. The molecule has 0 unspecified atom stereocenters. The number of rotatable bonds is 4. The van der Waals surface area contributed by atoms with Crippen LogP contribution in [-0.2, 0) is 5.75 Å². The monoisotopic (exact) mass is 278 g/mol. The van der Waals surface area contributed by atoms with Crippen molar-refractivity contribution in [1.82, 2.24) is 0 Å². The van der Waals surface area contributed by atoms with Gasteiger partial charge in [-0.05, 0) is 24.3 Å². The van der Waals surface area contributed by atoms with Gasteiger partial charge in [-0.1, -0.05) is 12.1 Å². The standard InChI is InChI=1S/C13H11FN2O2S/c14-13-9(2-1-3-12(13)16(17)18)8-19-11-6-4-10(15)5-7-11/h1-7H,8,15H2. The number of nitro groups is 1. The molecule has 0 saturated heterocycles. The molecule has 0 aliphatic carbocycles. The molecule has 2 aromatic carbocycles. The van der Waals surface area contributed by atoms with Crippen LogP contribution in [-0.4, -0.2) is 4.92 Å². The van der Waals surface area contributed by atoms with Crippen LogP contribution in [0.25, 0.3) is 0 Å². The third-order valence-electron chi connectivity index (χ3n) is 2.53. The minimum absolute atomic E-state index is 0.316. The SMILES string of the molecule is Nc1ccc(SCc2cccc([N+](=O)[O-])c2F)cc1. The van der Waals surface area contributed by atoms with Crippen molar-refractivity contribution < 1.29 is 9.31 Å². The molecule has 6 heteroatoms. The van der Waals surface area contributed by atoms with Gasteiger partial charge in [0.25, 0.3) is 0 Å². The molecule has 0 bridgehead atoms. The fourth-order valence-corrected chi connectivity index (χ4v) is 2.42. The zero-order valence-electron chi connectivity index (χ0n) is 9.88. The maximum absolute atomic E-state index is 13.8. The summed E-state index contributed by atoms with van der Waals surface area (Å²) < 4.78 is 13.8. The molecule has 0 atom stereocenters. The summed E-state index contributed by atoms with van der Waals surface area (Å²) in [4.78, 5) is 10.8. The molecule has 0 heterocycles. The van der Waals surface area contributed by atoms with Crippen LogP contribution in [0.3, 0.4) is 0 Å². The van der Waals surface area contributed by atoms with E-state index in [-0.39, 0.29) is 0 Å². The van der Waals surface area contributed by atoms with Crippen LogP contribution in [0.5, 0.6) is 0 Å². The van der Waals surface area contributed by atoms with Crippen LogP contribution in [0.15, 0.2) is 47.4 Å². The topological polar surface area (TPSA) is 69.2 Å². The van der Waals surface area contributed by atoms with E-state index in [1.54, 1.807) is 18.2 Å². The van der Waals surface area contributed by atoms with Gasteiger partial charge in [0.15, 0.2) is 0 Å². The number of nitrogens with zero attached hydrogens (tertiary/aromatic N) is 1. The summed E-state index contributed by atoms with van der Waals surface area (Å²) in [5, 5.41) is 10.6. The first-order valence-electron chi connectivity index (χ1n) is 5.48. The molecule has 2 N–H and O–H groups in total. The number of nitrogens with two attached hydrogens (primary N) is 1. The molecule has 0 radical (unpaired) electrons. The highest BCUT2D eigenvalue weighted by molar-refractivity contribution is 7.98. The second kappa shape index (κ2) is 5.71. The number of benzene rings is 2. The Balaban J connectivity index is 2.13. The second-order valence-electron chi connectivity index (χ2n) is 3.87. The van der Waals surface area contributed by atoms with E-state index in [0.717, 1.165) is 11.0 Å². The van der Waals surface area contributed by atoms with Gasteiger partial charge in [-0.15, -0.1) is 11.8 Å². The fourth-order valence-electron chi connectivity index (χ4n) is 1.54. The Morgan fingerprint density at radius 2 is 1.89 bits per heavy atom. The van der Waals surface area contributed by atoms with E-state index in [1.807, 2.05) is 12.1 Å². The summed E-state index contributed by atoms with van der Waals surface area (Å²) in [5.41, 5.74) is 6.05. The summed E-state index contributed by atoms with van der Waals surface area (Å²) in [6, 6.07) is 11.4. The normalized spacial score (nSPS) is 10.4. The first-order valence-corrected chi connectivity index (χ1v) is 6.46. The van der Waals surface area contributed by atoms with Crippen LogP contribution in [0.4, 0.5) is 15.8 Å². The van der Waals surface area contributed by atoms with Gasteiger partial charge in [0.1, 0.15) is 0 Å². The van der Waals surface area contributed by atoms with Crippen molar-refractivity contribution in [2.45, 2.75) is 10.6 Å². The van der Waals surface area contributed by atoms with E-state index in [0.29, 0.717) is 17.0 Å². The summed E-state index contributed by atoms with van der Waals surface area (Å²) in [5.74, 6) is -0.437. The third kappa shape index (κ3) is 3.23. The number of anilines is 1. The first kappa shape index (κ1) is 13.4. The van der Waals surface area contributed by atoms with Gasteiger partial charge in [0.05, 0.1) is 4.92 Å². The molecule has 0 aromatic heterocycles. The number of hydrogen-bond donors (Lipinski definition) is 1. The highest BCUT2D eigenvalue weighted by Crippen LogP contribution is 2.27. The largest absolute Gasteiger partial charge is 0.399 e. The van der Waals surface area contributed by atoms with Crippen molar-refractivity contribution in [3.8, 4) is 0 Å². The van der Waals surface area contributed by atoms with E-state index in [4.69, 9.17) is 5.73 Å². The van der Waals surface area contributed by atoms with Gasteiger partial charge >= 0.3 is 5.69 Å². The molecule has 98 valence electrons. The van der Waals surface area contributed by atoms with Crippen LogP contribution in [0.1, 0.15) is 5.56 Å². The van der Waals surface area contributed by atoms with Crippen molar-refractivity contribution in [2.75, 3.05) is 5.73 Å². The highest BCUT2D eigenvalue weighted by atomic mass is 32.2. The molecule has 0 spiro atoms. The quantitative estimate of drug-likeness (QED) is 0.401. The molecule has 0 amide bonds. The molecule has 0 aliphatic rings. The van der Waals surface area contributed by atoms with E-state index in [2.05, 4.69) is 0 Å². The van der Waals surface area contributed by atoms with Crippen molar-refractivity contribution in [1.29, 1.82) is 0 Å². The minimum atomic E-state index is -0.768.